The molecule has 23 heavy (non-hydrogen) atoms. The van der Waals surface area contributed by atoms with Gasteiger partial charge in [-0.05, 0) is 49.8 Å². The largest absolute Gasteiger partial charge is 0.339 e. The first-order valence-corrected chi connectivity index (χ1v) is 8.37. The van der Waals surface area contributed by atoms with Crippen LogP contribution in [0.3, 0.4) is 0 Å². The van der Waals surface area contributed by atoms with E-state index in [9.17, 15) is 0 Å². The molecular weight excluding hydrogens is 310 g/mol. The number of piperidine rings is 1. The second-order valence-corrected chi connectivity index (χ2v) is 6.38. The SMILES string of the molecule is CC(Cc1nc(CCc2ccccc2)no1)C1CCCNC1.Cl. The molecule has 126 valence electrons. The van der Waals surface area contributed by atoms with E-state index < -0.39 is 0 Å². The van der Waals surface area contributed by atoms with Gasteiger partial charge in [-0.2, -0.15) is 4.98 Å². The molecule has 1 saturated heterocycles. The summed E-state index contributed by atoms with van der Waals surface area (Å²) in [6.07, 6.45) is 5.28. The summed E-state index contributed by atoms with van der Waals surface area (Å²) in [6.45, 7) is 4.58. The molecule has 4 nitrogen and oxygen atoms in total. The van der Waals surface area contributed by atoms with Crippen LogP contribution in [0.15, 0.2) is 34.9 Å². The first kappa shape index (κ1) is 18.0. The summed E-state index contributed by atoms with van der Waals surface area (Å²) in [5.41, 5.74) is 1.32. The maximum atomic E-state index is 5.43. The molecule has 2 atom stereocenters. The summed E-state index contributed by atoms with van der Waals surface area (Å²) in [5, 5.41) is 7.61. The summed E-state index contributed by atoms with van der Waals surface area (Å²) >= 11 is 0. The van der Waals surface area contributed by atoms with E-state index >= 15 is 0 Å². The van der Waals surface area contributed by atoms with E-state index in [2.05, 4.69) is 46.6 Å². The lowest BCUT2D eigenvalue weighted by atomic mass is 9.85. The summed E-state index contributed by atoms with van der Waals surface area (Å²) < 4.78 is 5.43. The number of benzene rings is 1. The average molecular weight is 336 g/mol. The van der Waals surface area contributed by atoms with Gasteiger partial charge in [0.2, 0.25) is 5.89 Å². The van der Waals surface area contributed by atoms with E-state index in [0.717, 1.165) is 50.0 Å². The number of nitrogens with zero attached hydrogens (tertiary/aromatic N) is 2. The molecule has 1 aliphatic rings. The number of aromatic nitrogens is 2. The first-order chi connectivity index (χ1) is 10.8. The fourth-order valence-corrected chi connectivity index (χ4v) is 3.18. The van der Waals surface area contributed by atoms with Crippen molar-refractivity contribution in [3.8, 4) is 0 Å². The molecule has 1 aliphatic heterocycles. The van der Waals surface area contributed by atoms with E-state index in [-0.39, 0.29) is 12.4 Å². The van der Waals surface area contributed by atoms with Crippen LogP contribution in [0.4, 0.5) is 0 Å². The van der Waals surface area contributed by atoms with E-state index in [1.165, 1.54) is 18.4 Å². The number of rotatable bonds is 6. The molecule has 0 bridgehead atoms. The number of aryl methyl sites for hydroxylation is 2. The van der Waals surface area contributed by atoms with E-state index in [0.29, 0.717) is 5.92 Å². The van der Waals surface area contributed by atoms with Crippen LogP contribution in [-0.2, 0) is 19.3 Å². The standard InChI is InChI=1S/C18H25N3O.ClH/c1-14(16-8-5-11-19-13-16)12-18-20-17(21-22-18)10-9-15-6-3-2-4-7-15;/h2-4,6-7,14,16,19H,5,8-13H2,1H3;1H. The minimum absolute atomic E-state index is 0. The number of hydrogen-bond donors (Lipinski definition) is 1. The van der Waals surface area contributed by atoms with Crippen molar-refractivity contribution in [2.45, 2.75) is 39.0 Å². The molecule has 1 aromatic carbocycles. The van der Waals surface area contributed by atoms with E-state index in [1.54, 1.807) is 0 Å². The second kappa shape index (κ2) is 9.04. The van der Waals surface area contributed by atoms with Gasteiger partial charge in [0.15, 0.2) is 5.82 Å². The first-order valence-electron chi connectivity index (χ1n) is 8.37. The third kappa shape index (κ3) is 5.33. The Balaban J connectivity index is 0.00000192. The lowest BCUT2D eigenvalue weighted by Crippen LogP contribution is -2.33. The summed E-state index contributed by atoms with van der Waals surface area (Å²) in [7, 11) is 0. The Labute approximate surface area is 144 Å². The van der Waals surface area contributed by atoms with Gasteiger partial charge in [-0.3, -0.25) is 0 Å². The van der Waals surface area contributed by atoms with E-state index in [1.807, 2.05) is 6.07 Å². The quantitative estimate of drug-likeness (QED) is 0.878. The molecule has 1 fully saturated rings. The minimum Gasteiger partial charge on any atom is -0.339 e. The molecule has 0 aliphatic carbocycles. The van der Waals surface area contributed by atoms with Crippen LogP contribution in [0.5, 0.6) is 0 Å². The van der Waals surface area contributed by atoms with Crippen LogP contribution in [0.2, 0.25) is 0 Å². The van der Waals surface area contributed by atoms with Gasteiger partial charge >= 0.3 is 0 Å². The highest BCUT2D eigenvalue weighted by Gasteiger charge is 2.22. The van der Waals surface area contributed by atoms with Gasteiger partial charge in [-0.1, -0.05) is 42.4 Å². The number of hydrogen-bond acceptors (Lipinski definition) is 4. The third-order valence-corrected chi connectivity index (χ3v) is 4.63. The Kier molecular flexibility index (Phi) is 7.06. The maximum absolute atomic E-state index is 5.43. The highest BCUT2D eigenvalue weighted by Crippen LogP contribution is 2.22. The zero-order valence-electron chi connectivity index (χ0n) is 13.7. The van der Waals surface area contributed by atoms with Crippen LogP contribution in [-0.4, -0.2) is 23.2 Å². The van der Waals surface area contributed by atoms with Crippen molar-refractivity contribution in [2.24, 2.45) is 11.8 Å². The van der Waals surface area contributed by atoms with Crippen molar-refractivity contribution in [2.75, 3.05) is 13.1 Å². The van der Waals surface area contributed by atoms with Gasteiger partial charge in [-0.25, -0.2) is 0 Å². The Bertz CT molecular complexity index is 567. The van der Waals surface area contributed by atoms with Gasteiger partial charge in [-0.15, -0.1) is 12.4 Å². The predicted octanol–water partition coefficient (Wildman–Crippen LogP) is 3.45. The molecule has 2 unspecified atom stereocenters. The predicted molar refractivity (Wildman–Crippen MR) is 93.9 cm³/mol. The van der Waals surface area contributed by atoms with Gasteiger partial charge in [0.1, 0.15) is 0 Å². The van der Waals surface area contributed by atoms with Crippen molar-refractivity contribution in [1.82, 2.24) is 15.5 Å². The van der Waals surface area contributed by atoms with Crippen molar-refractivity contribution in [3.63, 3.8) is 0 Å². The fraction of sp³-hybridized carbons (Fsp3) is 0.556. The Hall–Kier alpha value is -1.39. The summed E-state index contributed by atoms with van der Waals surface area (Å²) in [6, 6.07) is 10.4. The normalized spacial score (nSPS) is 19.1. The van der Waals surface area contributed by atoms with Crippen molar-refractivity contribution in [3.05, 3.63) is 47.6 Å². The lowest BCUT2D eigenvalue weighted by Gasteiger charge is -2.27. The maximum Gasteiger partial charge on any atom is 0.226 e. The molecule has 2 aromatic rings. The number of halogens is 1. The van der Waals surface area contributed by atoms with Gasteiger partial charge in [0, 0.05) is 12.8 Å². The zero-order valence-corrected chi connectivity index (χ0v) is 14.5. The Morgan fingerprint density at radius 2 is 2.09 bits per heavy atom. The van der Waals surface area contributed by atoms with Crippen LogP contribution in [0.1, 0.15) is 37.0 Å². The van der Waals surface area contributed by atoms with Crippen LogP contribution < -0.4 is 5.32 Å². The molecule has 2 heterocycles. The molecule has 0 spiro atoms. The Morgan fingerprint density at radius 1 is 1.26 bits per heavy atom. The summed E-state index contributed by atoms with van der Waals surface area (Å²) in [5.74, 6) is 2.94. The molecule has 1 N–H and O–H groups in total. The highest BCUT2D eigenvalue weighted by atomic mass is 35.5. The topological polar surface area (TPSA) is 51.0 Å². The molecular formula is C18H26ClN3O. The lowest BCUT2D eigenvalue weighted by molar-refractivity contribution is 0.256. The summed E-state index contributed by atoms with van der Waals surface area (Å²) in [4.78, 5) is 4.56. The smallest absolute Gasteiger partial charge is 0.226 e. The van der Waals surface area contributed by atoms with Gasteiger partial charge < -0.3 is 9.84 Å². The molecule has 0 radical (unpaired) electrons. The highest BCUT2D eigenvalue weighted by molar-refractivity contribution is 5.85. The van der Waals surface area contributed by atoms with Crippen LogP contribution in [0.25, 0.3) is 0 Å². The molecule has 0 saturated carbocycles. The number of nitrogens with one attached hydrogen (secondary N) is 1. The van der Waals surface area contributed by atoms with E-state index in [4.69, 9.17) is 4.52 Å². The molecule has 3 rings (SSSR count). The van der Waals surface area contributed by atoms with Gasteiger partial charge in [0.05, 0.1) is 0 Å². The molecule has 0 amide bonds. The van der Waals surface area contributed by atoms with Crippen molar-refractivity contribution < 1.29 is 4.52 Å². The van der Waals surface area contributed by atoms with Gasteiger partial charge in [0.25, 0.3) is 0 Å². The van der Waals surface area contributed by atoms with Crippen LogP contribution >= 0.6 is 12.4 Å². The average Bonchev–Trinajstić information content (AvgIpc) is 3.02. The molecule has 1 aromatic heterocycles. The Morgan fingerprint density at radius 3 is 2.83 bits per heavy atom. The fourth-order valence-electron chi connectivity index (χ4n) is 3.18. The van der Waals surface area contributed by atoms with Crippen LogP contribution in [0, 0.1) is 11.8 Å². The monoisotopic (exact) mass is 335 g/mol. The second-order valence-electron chi connectivity index (χ2n) is 6.38. The molecule has 5 heteroatoms. The minimum atomic E-state index is 0. The van der Waals surface area contributed by atoms with Crippen molar-refractivity contribution >= 4 is 12.4 Å². The van der Waals surface area contributed by atoms with Crippen molar-refractivity contribution in [1.29, 1.82) is 0 Å². The zero-order chi connectivity index (χ0) is 15.2. The third-order valence-electron chi connectivity index (χ3n) is 4.63.